The van der Waals surface area contributed by atoms with E-state index >= 15 is 0 Å². The molecule has 2 fully saturated rings. The van der Waals surface area contributed by atoms with Gasteiger partial charge in [-0.25, -0.2) is 0 Å². The second-order valence-corrected chi connectivity index (χ2v) is 8.05. The molecule has 2 saturated heterocycles. The first-order valence-electron chi connectivity index (χ1n) is 9.77. The molecule has 7 nitrogen and oxygen atoms in total. The molecule has 2 aliphatic rings. The van der Waals surface area contributed by atoms with E-state index in [0.717, 1.165) is 56.9 Å². The fraction of sp³-hybridized carbons (Fsp3) is 0.600. The molecule has 2 aliphatic heterocycles. The van der Waals surface area contributed by atoms with Crippen LogP contribution in [-0.2, 0) is 6.54 Å². The molecule has 0 bridgehead atoms. The van der Waals surface area contributed by atoms with Gasteiger partial charge >= 0.3 is 0 Å². The van der Waals surface area contributed by atoms with E-state index in [1.54, 1.807) is 12.4 Å². The number of rotatable bonds is 4. The number of nitrogens with zero attached hydrogens (tertiary/aromatic N) is 3. The number of piperidine rings is 2. The van der Waals surface area contributed by atoms with E-state index in [9.17, 15) is 9.90 Å². The fourth-order valence-electron chi connectivity index (χ4n) is 4.71. The maximum absolute atomic E-state index is 12.7. The van der Waals surface area contributed by atoms with Crippen LogP contribution in [0.3, 0.4) is 0 Å². The van der Waals surface area contributed by atoms with Gasteiger partial charge in [0.2, 0.25) is 0 Å². The predicted octanol–water partition coefficient (Wildman–Crippen LogP) is 2.05. The topological polar surface area (TPSA) is 85.6 Å². The maximum atomic E-state index is 12.7. The number of H-pyrrole nitrogens is 1. The van der Waals surface area contributed by atoms with Crippen molar-refractivity contribution in [2.45, 2.75) is 32.7 Å². The van der Waals surface area contributed by atoms with Crippen LogP contribution in [0, 0.1) is 18.3 Å². The average Bonchev–Trinajstić information content (AvgIpc) is 3.35. The molecule has 4 rings (SSSR count). The van der Waals surface area contributed by atoms with Crippen molar-refractivity contribution in [2.24, 2.45) is 11.3 Å². The highest BCUT2D eigenvalue weighted by molar-refractivity contribution is 5.94. The number of amides is 1. The minimum atomic E-state index is 0.0580. The number of hydrogen-bond donors (Lipinski definition) is 2. The fourth-order valence-corrected chi connectivity index (χ4v) is 4.71. The number of carbonyl (C=O) groups excluding carboxylic acids is 1. The third kappa shape index (κ3) is 3.66. The Hall–Kier alpha value is -2.12. The zero-order valence-electron chi connectivity index (χ0n) is 15.9. The van der Waals surface area contributed by atoms with Crippen LogP contribution in [0.25, 0.3) is 0 Å². The largest absolute Gasteiger partial charge is 0.396 e. The van der Waals surface area contributed by atoms with Crippen LogP contribution in [0.4, 0.5) is 0 Å². The molecule has 2 aromatic heterocycles. The molecular weight excluding hydrogens is 344 g/mol. The van der Waals surface area contributed by atoms with Crippen LogP contribution in [0.5, 0.6) is 0 Å². The van der Waals surface area contributed by atoms with Gasteiger partial charge in [0.15, 0.2) is 5.76 Å². The third-order valence-electron chi connectivity index (χ3n) is 6.45. The normalized spacial score (nSPS) is 23.0. The Morgan fingerprint density at radius 2 is 2.15 bits per heavy atom. The SMILES string of the molecule is Cc1cc(CN2CCC3(CC2)CCN(C(=O)c2cc[nH]c2)CC3CO)on1. The van der Waals surface area contributed by atoms with Crippen LogP contribution >= 0.6 is 0 Å². The second kappa shape index (κ2) is 7.48. The van der Waals surface area contributed by atoms with Crippen molar-refractivity contribution in [2.75, 3.05) is 32.8 Å². The van der Waals surface area contributed by atoms with Gasteiger partial charge in [-0.05, 0) is 50.8 Å². The van der Waals surface area contributed by atoms with Crippen molar-refractivity contribution in [3.8, 4) is 0 Å². The van der Waals surface area contributed by atoms with Crippen LogP contribution in [0.15, 0.2) is 29.0 Å². The summed E-state index contributed by atoms with van der Waals surface area (Å²) in [7, 11) is 0. The first-order valence-corrected chi connectivity index (χ1v) is 9.77. The van der Waals surface area contributed by atoms with E-state index < -0.39 is 0 Å². The molecule has 1 atom stereocenters. The van der Waals surface area contributed by atoms with Crippen LogP contribution in [0.2, 0.25) is 0 Å². The van der Waals surface area contributed by atoms with E-state index in [4.69, 9.17) is 4.52 Å². The standard InChI is InChI=1S/C20H28N4O3/c1-15-10-18(27-22-15)13-23-7-3-20(4-8-23)5-9-24(12-17(20)14-25)19(26)16-2-6-21-11-16/h2,6,10-11,17,21,25H,3-5,7-9,12-14H2,1H3. The van der Waals surface area contributed by atoms with Gasteiger partial charge in [0, 0.05) is 44.1 Å². The monoisotopic (exact) mass is 372 g/mol. The second-order valence-electron chi connectivity index (χ2n) is 8.05. The van der Waals surface area contributed by atoms with Crippen LogP contribution in [-0.4, -0.2) is 63.7 Å². The summed E-state index contributed by atoms with van der Waals surface area (Å²) < 4.78 is 5.34. The lowest BCUT2D eigenvalue weighted by molar-refractivity contribution is -0.0375. The molecule has 7 heteroatoms. The molecule has 1 amide bonds. The Morgan fingerprint density at radius 3 is 2.78 bits per heavy atom. The van der Waals surface area contributed by atoms with Gasteiger partial charge in [-0.3, -0.25) is 9.69 Å². The number of aromatic nitrogens is 2. The minimum Gasteiger partial charge on any atom is -0.396 e. The van der Waals surface area contributed by atoms with E-state index in [0.29, 0.717) is 12.1 Å². The predicted molar refractivity (Wildman–Crippen MR) is 100 cm³/mol. The quantitative estimate of drug-likeness (QED) is 0.858. The zero-order chi connectivity index (χ0) is 18.9. The first-order chi connectivity index (χ1) is 13.1. The molecule has 2 aromatic rings. The van der Waals surface area contributed by atoms with E-state index in [1.807, 2.05) is 24.0 Å². The summed E-state index contributed by atoms with van der Waals surface area (Å²) in [5, 5.41) is 14.0. The Balaban J connectivity index is 1.37. The summed E-state index contributed by atoms with van der Waals surface area (Å²) in [6.07, 6.45) is 6.58. The highest BCUT2D eigenvalue weighted by atomic mass is 16.5. The highest BCUT2D eigenvalue weighted by Crippen LogP contribution is 2.45. The minimum absolute atomic E-state index is 0.0580. The van der Waals surface area contributed by atoms with Gasteiger partial charge in [-0.2, -0.15) is 0 Å². The van der Waals surface area contributed by atoms with Crippen molar-refractivity contribution in [1.82, 2.24) is 19.9 Å². The van der Waals surface area contributed by atoms with E-state index in [1.165, 1.54) is 0 Å². The molecule has 0 aliphatic carbocycles. The van der Waals surface area contributed by atoms with E-state index in [2.05, 4.69) is 15.0 Å². The summed E-state index contributed by atoms with van der Waals surface area (Å²) in [4.78, 5) is 19.9. The van der Waals surface area contributed by atoms with Gasteiger partial charge in [-0.1, -0.05) is 5.16 Å². The number of aliphatic hydroxyl groups is 1. The van der Waals surface area contributed by atoms with Gasteiger partial charge in [0.1, 0.15) is 0 Å². The lowest BCUT2D eigenvalue weighted by atomic mass is 9.64. The zero-order valence-corrected chi connectivity index (χ0v) is 15.9. The van der Waals surface area contributed by atoms with Crippen molar-refractivity contribution >= 4 is 5.91 Å². The summed E-state index contributed by atoms with van der Waals surface area (Å²) in [5.74, 6) is 1.11. The molecule has 27 heavy (non-hydrogen) atoms. The number of nitrogens with one attached hydrogen (secondary N) is 1. The van der Waals surface area contributed by atoms with Gasteiger partial charge < -0.3 is 19.5 Å². The summed E-state index contributed by atoms with van der Waals surface area (Å²) in [6.45, 7) is 6.25. The van der Waals surface area contributed by atoms with E-state index in [-0.39, 0.29) is 23.8 Å². The number of carbonyl (C=O) groups is 1. The molecule has 2 N–H and O–H groups in total. The van der Waals surface area contributed by atoms with Crippen molar-refractivity contribution in [1.29, 1.82) is 0 Å². The smallest absolute Gasteiger partial charge is 0.255 e. The number of aromatic amines is 1. The number of aryl methyl sites for hydroxylation is 1. The van der Waals surface area contributed by atoms with Crippen molar-refractivity contribution in [3.05, 3.63) is 41.5 Å². The molecule has 4 heterocycles. The maximum Gasteiger partial charge on any atom is 0.255 e. The first kappa shape index (κ1) is 18.3. The molecular formula is C20H28N4O3. The number of aliphatic hydroxyl groups excluding tert-OH is 1. The molecule has 0 aromatic carbocycles. The Morgan fingerprint density at radius 1 is 1.37 bits per heavy atom. The number of hydrogen-bond acceptors (Lipinski definition) is 5. The van der Waals surface area contributed by atoms with Gasteiger partial charge in [0.25, 0.3) is 5.91 Å². The molecule has 0 radical (unpaired) electrons. The Labute approximate surface area is 159 Å². The number of likely N-dealkylation sites (tertiary alicyclic amines) is 2. The third-order valence-corrected chi connectivity index (χ3v) is 6.45. The highest BCUT2D eigenvalue weighted by Gasteiger charge is 2.45. The average molecular weight is 372 g/mol. The molecule has 1 spiro atoms. The lowest BCUT2D eigenvalue weighted by Crippen LogP contribution is -2.54. The molecule has 1 unspecified atom stereocenters. The van der Waals surface area contributed by atoms with Gasteiger partial charge in [0.05, 0.1) is 17.8 Å². The molecule has 146 valence electrons. The van der Waals surface area contributed by atoms with Crippen LogP contribution in [0.1, 0.15) is 41.1 Å². The lowest BCUT2D eigenvalue weighted by Gasteiger charge is -2.51. The van der Waals surface area contributed by atoms with Gasteiger partial charge in [-0.15, -0.1) is 0 Å². The van der Waals surface area contributed by atoms with Crippen molar-refractivity contribution < 1.29 is 14.4 Å². The Kier molecular flexibility index (Phi) is 5.06. The summed E-state index contributed by atoms with van der Waals surface area (Å²) in [5.41, 5.74) is 1.75. The van der Waals surface area contributed by atoms with Crippen LogP contribution < -0.4 is 0 Å². The summed E-state index contributed by atoms with van der Waals surface area (Å²) in [6, 6.07) is 3.80. The van der Waals surface area contributed by atoms with Crippen molar-refractivity contribution in [3.63, 3.8) is 0 Å². The Bertz CT molecular complexity index is 762. The summed E-state index contributed by atoms with van der Waals surface area (Å²) >= 11 is 0. The molecule has 0 saturated carbocycles.